The molecule has 0 saturated carbocycles. The van der Waals surface area contributed by atoms with E-state index in [2.05, 4.69) is 30.0 Å². The quantitative estimate of drug-likeness (QED) is 0.811. The number of aryl methyl sites for hydroxylation is 1. The lowest BCUT2D eigenvalue weighted by atomic mass is 9.98. The largest absolute Gasteiger partial charge is 0.287 e. The first-order chi connectivity index (χ1) is 12.2. The Bertz CT molecular complexity index is 813. The van der Waals surface area contributed by atoms with E-state index in [0.717, 1.165) is 25.9 Å². The third-order valence-electron chi connectivity index (χ3n) is 5.33. The van der Waals surface area contributed by atoms with Gasteiger partial charge in [0.05, 0.1) is 18.2 Å². The maximum Gasteiger partial charge on any atom is 0.251 e. The second-order valence-corrected chi connectivity index (χ2v) is 6.80. The molecule has 0 aromatic heterocycles. The molecule has 4 nitrogen and oxygen atoms in total. The molecular weight excluding hydrogens is 312 g/mol. The fourth-order valence-electron chi connectivity index (χ4n) is 3.84. The van der Waals surface area contributed by atoms with Crippen LogP contribution in [0.25, 0.3) is 0 Å². The summed E-state index contributed by atoms with van der Waals surface area (Å²) in [6.07, 6.45) is 2.15. The molecular formula is C21H22N2O2. The van der Waals surface area contributed by atoms with Gasteiger partial charge in [0.25, 0.3) is 5.91 Å². The summed E-state index contributed by atoms with van der Waals surface area (Å²) in [4.78, 5) is 29.0. The Kier molecular flexibility index (Phi) is 4.14. The van der Waals surface area contributed by atoms with Crippen LogP contribution < -0.4 is 4.90 Å². The summed E-state index contributed by atoms with van der Waals surface area (Å²) >= 11 is 0. The Morgan fingerprint density at radius 1 is 1.00 bits per heavy atom. The molecule has 128 valence electrons. The lowest BCUT2D eigenvalue weighted by Crippen LogP contribution is -2.44. The van der Waals surface area contributed by atoms with Gasteiger partial charge in [-0.15, -0.1) is 0 Å². The van der Waals surface area contributed by atoms with Gasteiger partial charge >= 0.3 is 0 Å². The van der Waals surface area contributed by atoms with Crippen LogP contribution in [0.5, 0.6) is 0 Å². The summed E-state index contributed by atoms with van der Waals surface area (Å²) in [6.45, 7) is 3.65. The minimum atomic E-state index is -0.341. The fraction of sp³-hybridized carbons (Fsp3) is 0.333. The zero-order valence-electron chi connectivity index (χ0n) is 14.4. The first-order valence-corrected chi connectivity index (χ1v) is 8.94. The molecule has 2 aliphatic rings. The number of hydrogen-bond donors (Lipinski definition) is 0. The fourth-order valence-corrected chi connectivity index (χ4v) is 3.84. The molecule has 1 fully saturated rings. The van der Waals surface area contributed by atoms with Crippen LogP contribution in [0.2, 0.25) is 0 Å². The van der Waals surface area contributed by atoms with Crippen LogP contribution in [-0.2, 0) is 29.0 Å². The third-order valence-corrected chi connectivity index (χ3v) is 5.33. The topological polar surface area (TPSA) is 40.6 Å². The molecule has 0 bridgehead atoms. The van der Waals surface area contributed by atoms with Gasteiger partial charge in [-0.3, -0.25) is 14.5 Å². The lowest BCUT2D eigenvalue weighted by molar-refractivity contribution is -0.123. The molecule has 2 aromatic rings. The average molecular weight is 334 g/mol. The Labute approximate surface area is 148 Å². The molecule has 2 amide bonds. The van der Waals surface area contributed by atoms with Gasteiger partial charge in [0, 0.05) is 13.1 Å². The molecule has 0 N–H and O–H groups in total. The molecule has 1 atom stereocenters. The van der Waals surface area contributed by atoms with E-state index in [-0.39, 0.29) is 24.3 Å². The van der Waals surface area contributed by atoms with Crippen LogP contribution in [0.1, 0.15) is 30.0 Å². The molecule has 25 heavy (non-hydrogen) atoms. The number of imide groups is 1. The molecule has 1 saturated heterocycles. The Hall–Kier alpha value is -2.46. The molecule has 0 unspecified atom stereocenters. The van der Waals surface area contributed by atoms with Gasteiger partial charge in [-0.2, -0.15) is 0 Å². The standard InChI is InChI=1S/C21H22N2O2/c1-2-15-7-9-18(10-8-15)23-20(24)13-19(21(23)25)22-12-11-16-5-3-4-6-17(16)14-22/h3-10,19H,2,11-14H2,1H3/t19-/m1/s1. The van der Waals surface area contributed by atoms with E-state index in [0.29, 0.717) is 5.69 Å². The number of rotatable bonds is 3. The highest BCUT2D eigenvalue weighted by molar-refractivity contribution is 6.22. The minimum Gasteiger partial charge on any atom is -0.287 e. The molecule has 4 heteroatoms. The minimum absolute atomic E-state index is 0.0892. The molecule has 2 heterocycles. The van der Waals surface area contributed by atoms with E-state index in [4.69, 9.17) is 0 Å². The van der Waals surface area contributed by atoms with Crippen molar-refractivity contribution in [2.75, 3.05) is 11.4 Å². The number of nitrogens with zero attached hydrogens (tertiary/aromatic N) is 2. The van der Waals surface area contributed by atoms with Crippen LogP contribution in [0, 0.1) is 0 Å². The number of amides is 2. The Morgan fingerprint density at radius 3 is 2.44 bits per heavy atom. The van der Waals surface area contributed by atoms with Gasteiger partial charge in [0.1, 0.15) is 0 Å². The first kappa shape index (κ1) is 16.0. The van der Waals surface area contributed by atoms with Crippen LogP contribution in [0.3, 0.4) is 0 Å². The molecule has 2 aromatic carbocycles. The predicted molar refractivity (Wildman–Crippen MR) is 97.3 cm³/mol. The van der Waals surface area contributed by atoms with E-state index in [1.807, 2.05) is 30.3 Å². The van der Waals surface area contributed by atoms with E-state index >= 15 is 0 Å². The zero-order valence-corrected chi connectivity index (χ0v) is 14.4. The summed E-state index contributed by atoms with van der Waals surface area (Å²) in [5, 5.41) is 0. The van der Waals surface area contributed by atoms with Crippen molar-refractivity contribution in [3.05, 3.63) is 65.2 Å². The van der Waals surface area contributed by atoms with Crippen molar-refractivity contribution < 1.29 is 9.59 Å². The highest BCUT2D eigenvalue weighted by Gasteiger charge is 2.43. The second kappa shape index (κ2) is 6.45. The summed E-state index contributed by atoms with van der Waals surface area (Å²) in [7, 11) is 0. The molecule has 4 rings (SSSR count). The summed E-state index contributed by atoms with van der Waals surface area (Å²) in [5.74, 6) is -0.188. The molecule has 0 aliphatic carbocycles. The number of benzene rings is 2. The Balaban J connectivity index is 1.55. The second-order valence-electron chi connectivity index (χ2n) is 6.80. The van der Waals surface area contributed by atoms with E-state index in [1.54, 1.807) is 0 Å². The number of anilines is 1. The van der Waals surface area contributed by atoms with Crippen LogP contribution in [-0.4, -0.2) is 29.3 Å². The van der Waals surface area contributed by atoms with Gasteiger partial charge < -0.3 is 0 Å². The molecule has 2 aliphatic heterocycles. The highest BCUT2D eigenvalue weighted by Crippen LogP contribution is 2.29. The summed E-state index contributed by atoms with van der Waals surface area (Å²) < 4.78 is 0. The number of fused-ring (bicyclic) bond motifs is 1. The zero-order chi connectivity index (χ0) is 17.4. The number of carbonyl (C=O) groups is 2. The van der Waals surface area contributed by atoms with E-state index in [9.17, 15) is 9.59 Å². The summed E-state index contributed by atoms with van der Waals surface area (Å²) in [5.41, 5.74) is 4.50. The lowest BCUT2D eigenvalue weighted by Gasteiger charge is -2.32. The summed E-state index contributed by atoms with van der Waals surface area (Å²) in [6, 6.07) is 15.7. The smallest absolute Gasteiger partial charge is 0.251 e. The predicted octanol–water partition coefficient (Wildman–Crippen LogP) is 2.94. The highest BCUT2D eigenvalue weighted by atomic mass is 16.2. The van der Waals surface area contributed by atoms with Gasteiger partial charge in [-0.25, -0.2) is 4.90 Å². The van der Waals surface area contributed by atoms with Crippen molar-refractivity contribution in [2.45, 2.75) is 38.8 Å². The van der Waals surface area contributed by atoms with Crippen LogP contribution >= 0.6 is 0 Å². The van der Waals surface area contributed by atoms with Gasteiger partial charge in [0.15, 0.2) is 0 Å². The number of carbonyl (C=O) groups excluding carboxylic acids is 2. The molecule has 0 spiro atoms. The SMILES string of the molecule is CCc1ccc(N2C(=O)C[C@@H](N3CCc4ccccc4C3)C2=O)cc1. The maximum atomic E-state index is 12.9. The monoisotopic (exact) mass is 334 g/mol. The van der Waals surface area contributed by atoms with Gasteiger partial charge in [-0.05, 0) is 41.7 Å². The van der Waals surface area contributed by atoms with Crippen LogP contribution in [0.4, 0.5) is 5.69 Å². The van der Waals surface area contributed by atoms with Crippen molar-refractivity contribution in [3.63, 3.8) is 0 Å². The van der Waals surface area contributed by atoms with Crippen molar-refractivity contribution in [3.8, 4) is 0 Å². The first-order valence-electron chi connectivity index (χ1n) is 8.94. The van der Waals surface area contributed by atoms with Crippen molar-refractivity contribution in [1.29, 1.82) is 0 Å². The maximum absolute atomic E-state index is 12.9. The van der Waals surface area contributed by atoms with Crippen LogP contribution in [0.15, 0.2) is 48.5 Å². The third kappa shape index (κ3) is 2.87. The molecule has 0 radical (unpaired) electrons. The Morgan fingerprint density at radius 2 is 1.72 bits per heavy atom. The van der Waals surface area contributed by atoms with E-state index in [1.165, 1.54) is 21.6 Å². The van der Waals surface area contributed by atoms with Crippen molar-refractivity contribution >= 4 is 17.5 Å². The van der Waals surface area contributed by atoms with Gasteiger partial charge in [-0.1, -0.05) is 43.3 Å². The van der Waals surface area contributed by atoms with Crippen molar-refractivity contribution in [2.24, 2.45) is 0 Å². The number of hydrogen-bond acceptors (Lipinski definition) is 3. The van der Waals surface area contributed by atoms with Gasteiger partial charge in [0.2, 0.25) is 5.91 Å². The van der Waals surface area contributed by atoms with E-state index < -0.39 is 0 Å². The normalized spacial score (nSPS) is 20.8. The van der Waals surface area contributed by atoms with Crippen molar-refractivity contribution in [1.82, 2.24) is 4.90 Å². The average Bonchev–Trinajstić information content (AvgIpc) is 2.96.